The molecular formula is C6H7N7. The third kappa shape index (κ3) is 1.06. The second kappa shape index (κ2) is 2.41. The fraction of sp³-hybridized carbons (Fsp3) is 0. The van der Waals surface area contributed by atoms with Gasteiger partial charge in [0.2, 0.25) is 0 Å². The Morgan fingerprint density at radius 1 is 0.846 bits per heavy atom. The molecule has 0 unspecified atom stereocenters. The molecule has 0 amide bonds. The van der Waals surface area contributed by atoms with Crippen LogP contribution < -0.4 is 17.2 Å². The Bertz CT molecular complexity index is 466. The van der Waals surface area contributed by atoms with E-state index in [9.17, 15) is 0 Å². The van der Waals surface area contributed by atoms with E-state index in [1.807, 2.05) is 0 Å². The molecule has 0 saturated carbocycles. The van der Waals surface area contributed by atoms with Gasteiger partial charge in [0.05, 0.1) is 0 Å². The van der Waals surface area contributed by atoms with Crippen LogP contribution in [0.3, 0.4) is 0 Å². The number of nitrogens with zero attached hydrogens (tertiary/aromatic N) is 4. The van der Waals surface area contributed by atoms with E-state index in [4.69, 9.17) is 17.2 Å². The summed E-state index contributed by atoms with van der Waals surface area (Å²) in [5, 5.41) is 0. The first-order valence-electron chi connectivity index (χ1n) is 3.47. The molecule has 2 aromatic rings. The number of nitrogen functional groups attached to an aromatic ring is 3. The van der Waals surface area contributed by atoms with Gasteiger partial charge in [-0.1, -0.05) is 0 Å². The van der Waals surface area contributed by atoms with Crippen molar-refractivity contribution in [1.82, 2.24) is 19.9 Å². The molecule has 2 heterocycles. The number of hydrogen-bond donors (Lipinski definition) is 3. The van der Waals surface area contributed by atoms with Gasteiger partial charge < -0.3 is 17.2 Å². The minimum Gasteiger partial charge on any atom is -0.382 e. The molecule has 0 aliphatic carbocycles. The highest BCUT2D eigenvalue weighted by Gasteiger charge is 2.06. The lowest BCUT2D eigenvalue weighted by molar-refractivity contribution is 1.16. The van der Waals surface area contributed by atoms with Crippen LogP contribution in [0, 0.1) is 0 Å². The van der Waals surface area contributed by atoms with Gasteiger partial charge in [-0.15, -0.1) is 0 Å². The summed E-state index contributed by atoms with van der Waals surface area (Å²) in [5.41, 5.74) is 17.1. The zero-order valence-corrected chi connectivity index (χ0v) is 6.60. The zero-order chi connectivity index (χ0) is 9.42. The van der Waals surface area contributed by atoms with Crippen molar-refractivity contribution in [3.05, 3.63) is 6.33 Å². The maximum atomic E-state index is 5.53. The number of hydrogen-bond acceptors (Lipinski definition) is 7. The second-order valence-corrected chi connectivity index (χ2v) is 2.43. The fourth-order valence-electron chi connectivity index (χ4n) is 0.921. The maximum absolute atomic E-state index is 5.53. The van der Waals surface area contributed by atoms with E-state index in [0.29, 0.717) is 11.2 Å². The normalized spacial score (nSPS) is 10.5. The molecule has 0 aliphatic rings. The van der Waals surface area contributed by atoms with Crippen LogP contribution in [0.1, 0.15) is 0 Å². The van der Waals surface area contributed by atoms with Gasteiger partial charge in [-0.25, -0.2) is 19.9 Å². The molecule has 7 nitrogen and oxygen atoms in total. The van der Waals surface area contributed by atoms with Crippen LogP contribution >= 0.6 is 0 Å². The van der Waals surface area contributed by atoms with Gasteiger partial charge in [-0.05, 0) is 0 Å². The molecule has 7 heteroatoms. The van der Waals surface area contributed by atoms with Crippen LogP contribution in [0.15, 0.2) is 6.33 Å². The summed E-state index contributed by atoms with van der Waals surface area (Å²) in [6.07, 6.45) is 1.29. The number of rotatable bonds is 0. The Morgan fingerprint density at radius 2 is 1.54 bits per heavy atom. The predicted molar refractivity (Wildman–Crippen MR) is 48.4 cm³/mol. The number of nitrogens with two attached hydrogens (primary N) is 3. The summed E-state index contributed by atoms with van der Waals surface area (Å²) >= 11 is 0. The van der Waals surface area contributed by atoms with Crippen molar-refractivity contribution >= 4 is 28.6 Å². The molecule has 6 N–H and O–H groups in total. The van der Waals surface area contributed by atoms with E-state index in [1.165, 1.54) is 6.33 Å². The average Bonchev–Trinajstić information content (AvgIpc) is 2.09. The Hall–Kier alpha value is -2.18. The molecule has 0 aromatic carbocycles. The summed E-state index contributed by atoms with van der Waals surface area (Å²) in [7, 11) is 0. The monoisotopic (exact) mass is 177 g/mol. The highest BCUT2D eigenvalue weighted by atomic mass is 15.1. The van der Waals surface area contributed by atoms with Crippen LogP contribution in [-0.4, -0.2) is 19.9 Å². The van der Waals surface area contributed by atoms with Crippen LogP contribution in [0.25, 0.3) is 11.2 Å². The van der Waals surface area contributed by atoms with Gasteiger partial charge in [-0.3, -0.25) is 0 Å². The Balaban J connectivity index is 2.89. The zero-order valence-electron chi connectivity index (χ0n) is 6.60. The number of anilines is 3. The summed E-state index contributed by atoms with van der Waals surface area (Å²) in [6.45, 7) is 0. The molecule has 0 bridgehead atoms. The molecule has 0 radical (unpaired) electrons. The second-order valence-electron chi connectivity index (χ2n) is 2.43. The molecular weight excluding hydrogens is 170 g/mol. The first kappa shape index (κ1) is 7.47. The first-order chi connectivity index (χ1) is 6.18. The van der Waals surface area contributed by atoms with Gasteiger partial charge in [0.1, 0.15) is 6.33 Å². The van der Waals surface area contributed by atoms with E-state index in [0.717, 1.165) is 0 Å². The quantitative estimate of drug-likeness (QED) is 0.478. The summed E-state index contributed by atoms with van der Waals surface area (Å²) in [5.74, 6) is 0.517. The van der Waals surface area contributed by atoms with Crippen molar-refractivity contribution in [2.45, 2.75) is 0 Å². The Labute approximate surface area is 73.0 Å². The summed E-state index contributed by atoms with van der Waals surface area (Å²) in [6, 6.07) is 0. The molecule has 2 rings (SSSR count). The average molecular weight is 177 g/mol. The highest BCUT2D eigenvalue weighted by Crippen LogP contribution is 2.16. The predicted octanol–water partition coefficient (Wildman–Crippen LogP) is -0.834. The minimum atomic E-state index is 0.133. The fourth-order valence-corrected chi connectivity index (χ4v) is 0.921. The Morgan fingerprint density at radius 3 is 2.31 bits per heavy atom. The molecule has 0 aliphatic heterocycles. The maximum Gasteiger partial charge on any atom is 0.185 e. The molecule has 0 spiro atoms. The SMILES string of the molecule is Nc1nc2ncnc(N)c2nc1N. The third-order valence-corrected chi connectivity index (χ3v) is 1.55. The van der Waals surface area contributed by atoms with Crippen molar-refractivity contribution < 1.29 is 0 Å². The van der Waals surface area contributed by atoms with Crippen molar-refractivity contribution in [1.29, 1.82) is 0 Å². The lowest BCUT2D eigenvalue weighted by Gasteiger charge is -2.01. The van der Waals surface area contributed by atoms with Gasteiger partial charge in [0.25, 0.3) is 0 Å². The van der Waals surface area contributed by atoms with Gasteiger partial charge >= 0.3 is 0 Å². The van der Waals surface area contributed by atoms with Crippen molar-refractivity contribution in [2.75, 3.05) is 17.2 Å². The van der Waals surface area contributed by atoms with E-state index >= 15 is 0 Å². The van der Waals surface area contributed by atoms with Gasteiger partial charge in [0, 0.05) is 0 Å². The smallest absolute Gasteiger partial charge is 0.185 e. The molecule has 66 valence electrons. The largest absolute Gasteiger partial charge is 0.382 e. The van der Waals surface area contributed by atoms with Crippen LogP contribution in [0.4, 0.5) is 17.5 Å². The molecule has 0 fully saturated rings. The first-order valence-corrected chi connectivity index (χ1v) is 3.47. The topological polar surface area (TPSA) is 130 Å². The molecule has 13 heavy (non-hydrogen) atoms. The lowest BCUT2D eigenvalue weighted by atomic mass is 10.4. The molecule has 0 saturated heterocycles. The lowest BCUT2D eigenvalue weighted by Crippen LogP contribution is -2.04. The van der Waals surface area contributed by atoms with E-state index in [1.54, 1.807) is 0 Å². The standard InChI is InChI=1S/C6H7N7/c7-3-2-6(11-1-10-3)13-5(9)4(8)12-2/h1H,(H2,8,12)(H4,7,9,10,11,13). The van der Waals surface area contributed by atoms with Gasteiger partial charge in [0.15, 0.2) is 28.6 Å². The minimum absolute atomic E-state index is 0.133. The molecule has 0 atom stereocenters. The van der Waals surface area contributed by atoms with Crippen LogP contribution in [-0.2, 0) is 0 Å². The number of aromatic nitrogens is 4. The third-order valence-electron chi connectivity index (χ3n) is 1.55. The highest BCUT2D eigenvalue weighted by molar-refractivity contribution is 5.83. The number of fused-ring (bicyclic) bond motifs is 1. The Kier molecular flexibility index (Phi) is 1.38. The van der Waals surface area contributed by atoms with Crippen molar-refractivity contribution in [3.63, 3.8) is 0 Å². The summed E-state index contributed by atoms with van der Waals surface area (Å²) in [4.78, 5) is 15.4. The van der Waals surface area contributed by atoms with E-state index in [2.05, 4.69) is 19.9 Å². The van der Waals surface area contributed by atoms with Crippen LogP contribution in [0.2, 0.25) is 0 Å². The molecule has 2 aromatic heterocycles. The van der Waals surface area contributed by atoms with Crippen molar-refractivity contribution in [2.24, 2.45) is 0 Å². The van der Waals surface area contributed by atoms with E-state index < -0.39 is 0 Å². The summed E-state index contributed by atoms with van der Waals surface area (Å²) < 4.78 is 0. The van der Waals surface area contributed by atoms with Crippen molar-refractivity contribution in [3.8, 4) is 0 Å². The van der Waals surface area contributed by atoms with Crippen LogP contribution in [0.5, 0.6) is 0 Å². The van der Waals surface area contributed by atoms with E-state index in [-0.39, 0.29) is 17.5 Å². The van der Waals surface area contributed by atoms with Gasteiger partial charge in [-0.2, -0.15) is 0 Å².